The molecular formula is C24H30N2O3. The molecule has 29 heavy (non-hydrogen) atoms. The monoisotopic (exact) mass is 394 g/mol. The summed E-state index contributed by atoms with van der Waals surface area (Å²) < 4.78 is 0. The van der Waals surface area contributed by atoms with E-state index in [2.05, 4.69) is 47.2 Å². The Hall–Kier alpha value is -2.66. The van der Waals surface area contributed by atoms with Crippen molar-refractivity contribution in [3.05, 3.63) is 71.3 Å². The van der Waals surface area contributed by atoms with Crippen molar-refractivity contribution in [2.45, 2.75) is 44.9 Å². The molecule has 1 aliphatic heterocycles. The summed E-state index contributed by atoms with van der Waals surface area (Å²) in [4.78, 5) is 29.0. The summed E-state index contributed by atoms with van der Waals surface area (Å²) in [5.41, 5.74) is 5.86. The summed E-state index contributed by atoms with van der Waals surface area (Å²) in [6.07, 6.45) is 6.15. The summed E-state index contributed by atoms with van der Waals surface area (Å²) in [6, 6.07) is 18.6. The predicted molar refractivity (Wildman–Crippen MR) is 113 cm³/mol. The van der Waals surface area contributed by atoms with E-state index >= 15 is 0 Å². The molecule has 1 aliphatic rings. The van der Waals surface area contributed by atoms with Gasteiger partial charge in [-0.1, -0.05) is 54.6 Å². The number of amides is 1. The molecule has 5 nitrogen and oxygen atoms in total. The lowest BCUT2D eigenvalue weighted by Crippen LogP contribution is -2.36. The highest BCUT2D eigenvalue weighted by molar-refractivity contribution is 5.80. The Bertz CT molecular complexity index is 768. The zero-order valence-corrected chi connectivity index (χ0v) is 16.9. The molecule has 1 fully saturated rings. The van der Waals surface area contributed by atoms with Crippen molar-refractivity contribution >= 4 is 11.9 Å². The summed E-state index contributed by atoms with van der Waals surface area (Å²) >= 11 is 0. The van der Waals surface area contributed by atoms with E-state index in [1.807, 2.05) is 18.2 Å². The Labute approximate surface area is 172 Å². The van der Waals surface area contributed by atoms with Crippen molar-refractivity contribution in [1.82, 2.24) is 10.8 Å². The third-order valence-electron chi connectivity index (χ3n) is 5.35. The molecule has 2 aromatic rings. The first-order valence-electron chi connectivity index (χ1n) is 10.5. The SMILES string of the molecule is O=C(Cc1ccc(CCCCc2ccccc2)cc1)NOC(=O)C1CCNCC1. The number of benzene rings is 2. The third-order valence-corrected chi connectivity index (χ3v) is 5.35. The Kier molecular flexibility index (Phi) is 8.25. The Balaban J connectivity index is 1.33. The average molecular weight is 395 g/mol. The molecule has 154 valence electrons. The van der Waals surface area contributed by atoms with Crippen LogP contribution in [0.1, 0.15) is 42.4 Å². The van der Waals surface area contributed by atoms with Crippen LogP contribution in [0.15, 0.2) is 54.6 Å². The van der Waals surface area contributed by atoms with E-state index in [0.29, 0.717) is 0 Å². The summed E-state index contributed by atoms with van der Waals surface area (Å²) in [7, 11) is 0. The van der Waals surface area contributed by atoms with Crippen LogP contribution in [-0.2, 0) is 33.7 Å². The molecule has 0 aliphatic carbocycles. The normalized spacial score (nSPS) is 14.3. The van der Waals surface area contributed by atoms with Crippen molar-refractivity contribution in [1.29, 1.82) is 0 Å². The highest BCUT2D eigenvalue weighted by atomic mass is 16.7. The van der Waals surface area contributed by atoms with Gasteiger partial charge < -0.3 is 10.2 Å². The minimum atomic E-state index is -0.342. The van der Waals surface area contributed by atoms with Gasteiger partial charge in [0.2, 0.25) is 0 Å². The number of rotatable bonds is 8. The van der Waals surface area contributed by atoms with Gasteiger partial charge in [0.15, 0.2) is 0 Å². The van der Waals surface area contributed by atoms with Crippen LogP contribution >= 0.6 is 0 Å². The van der Waals surface area contributed by atoms with Gasteiger partial charge in [0.1, 0.15) is 0 Å². The summed E-state index contributed by atoms with van der Waals surface area (Å²) in [5, 5.41) is 3.20. The van der Waals surface area contributed by atoms with Gasteiger partial charge in [-0.25, -0.2) is 4.79 Å². The van der Waals surface area contributed by atoms with Gasteiger partial charge in [-0.05, 0) is 68.3 Å². The smallest absolute Gasteiger partial charge is 0.335 e. The molecular weight excluding hydrogens is 364 g/mol. The van der Waals surface area contributed by atoms with Crippen LogP contribution in [0.25, 0.3) is 0 Å². The van der Waals surface area contributed by atoms with Crippen LogP contribution in [0, 0.1) is 5.92 Å². The molecule has 1 amide bonds. The van der Waals surface area contributed by atoms with Gasteiger partial charge in [0.25, 0.3) is 5.91 Å². The molecule has 0 atom stereocenters. The first kappa shape index (κ1) is 21.1. The van der Waals surface area contributed by atoms with Crippen LogP contribution in [0.4, 0.5) is 0 Å². The molecule has 1 heterocycles. The quantitative estimate of drug-likeness (QED) is 0.532. The molecule has 5 heteroatoms. The molecule has 0 radical (unpaired) electrons. The van der Waals surface area contributed by atoms with Gasteiger partial charge in [-0.2, -0.15) is 5.48 Å². The van der Waals surface area contributed by atoms with Crippen LogP contribution in [0.5, 0.6) is 0 Å². The van der Waals surface area contributed by atoms with Crippen molar-refractivity contribution in [2.24, 2.45) is 5.92 Å². The largest absolute Gasteiger partial charge is 0.340 e. The van der Waals surface area contributed by atoms with E-state index in [0.717, 1.165) is 57.2 Å². The Morgan fingerprint density at radius 2 is 1.45 bits per heavy atom. The summed E-state index contributed by atoms with van der Waals surface area (Å²) in [5.74, 6) is -0.772. The highest BCUT2D eigenvalue weighted by Crippen LogP contribution is 2.13. The van der Waals surface area contributed by atoms with Crippen LogP contribution in [0.2, 0.25) is 0 Å². The van der Waals surface area contributed by atoms with Crippen LogP contribution in [0.3, 0.4) is 0 Å². The second kappa shape index (κ2) is 11.4. The lowest BCUT2D eigenvalue weighted by Gasteiger charge is -2.20. The standard InChI is InChI=1S/C24H30N2O3/c27-23(26-29-24(28)22-14-16-25-17-15-22)18-21-12-10-20(11-13-21)9-5-4-8-19-6-2-1-3-7-19/h1-3,6-7,10-13,22,25H,4-5,8-9,14-18H2,(H,26,27). The topological polar surface area (TPSA) is 67.4 Å². The van der Waals surface area contributed by atoms with Crippen LogP contribution in [-0.4, -0.2) is 25.0 Å². The number of carbonyl (C=O) groups excluding carboxylic acids is 2. The van der Waals surface area contributed by atoms with Gasteiger partial charge >= 0.3 is 5.97 Å². The molecule has 0 saturated carbocycles. The fraction of sp³-hybridized carbons (Fsp3) is 0.417. The molecule has 3 rings (SSSR count). The first-order valence-corrected chi connectivity index (χ1v) is 10.5. The van der Waals surface area contributed by atoms with E-state index < -0.39 is 0 Å². The van der Waals surface area contributed by atoms with Crippen molar-refractivity contribution in [3.8, 4) is 0 Å². The zero-order valence-electron chi connectivity index (χ0n) is 16.9. The maximum atomic E-state index is 12.0. The first-order chi connectivity index (χ1) is 14.2. The zero-order chi connectivity index (χ0) is 20.3. The molecule has 0 bridgehead atoms. The van der Waals surface area contributed by atoms with E-state index in [4.69, 9.17) is 4.84 Å². The molecule has 1 saturated heterocycles. The van der Waals surface area contributed by atoms with Crippen molar-refractivity contribution in [2.75, 3.05) is 13.1 Å². The fourth-order valence-electron chi connectivity index (χ4n) is 3.60. The number of unbranched alkanes of at least 4 members (excludes halogenated alkanes) is 1. The number of hydrogen-bond acceptors (Lipinski definition) is 4. The van der Waals surface area contributed by atoms with Crippen LogP contribution < -0.4 is 10.8 Å². The number of nitrogens with one attached hydrogen (secondary N) is 2. The van der Waals surface area contributed by atoms with E-state index in [1.54, 1.807) is 0 Å². The number of aryl methyl sites for hydroxylation is 2. The summed E-state index contributed by atoms with van der Waals surface area (Å²) in [6.45, 7) is 1.62. The number of piperidine rings is 1. The maximum absolute atomic E-state index is 12.0. The van der Waals surface area contributed by atoms with E-state index in [-0.39, 0.29) is 24.2 Å². The molecule has 2 N–H and O–H groups in total. The fourth-order valence-corrected chi connectivity index (χ4v) is 3.60. The lowest BCUT2D eigenvalue weighted by molar-refractivity contribution is -0.162. The third kappa shape index (κ3) is 7.35. The van der Waals surface area contributed by atoms with Gasteiger partial charge in [-0.15, -0.1) is 0 Å². The minimum Gasteiger partial charge on any atom is -0.340 e. The molecule has 0 aromatic heterocycles. The maximum Gasteiger partial charge on any atom is 0.335 e. The molecule has 2 aromatic carbocycles. The molecule has 0 unspecified atom stereocenters. The van der Waals surface area contributed by atoms with Crippen molar-refractivity contribution < 1.29 is 14.4 Å². The van der Waals surface area contributed by atoms with Gasteiger partial charge in [-0.3, -0.25) is 4.79 Å². The minimum absolute atomic E-state index is 0.127. The average Bonchev–Trinajstić information content (AvgIpc) is 2.77. The number of carbonyl (C=O) groups is 2. The second-order valence-corrected chi connectivity index (χ2v) is 7.66. The van der Waals surface area contributed by atoms with Gasteiger partial charge in [0.05, 0.1) is 12.3 Å². The molecule has 0 spiro atoms. The predicted octanol–water partition coefficient (Wildman–Crippen LogP) is 3.37. The van der Waals surface area contributed by atoms with E-state index in [1.165, 1.54) is 11.1 Å². The number of hydrogen-bond donors (Lipinski definition) is 2. The van der Waals surface area contributed by atoms with Crippen molar-refractivity contribution in [3.63, 3.8) is 0 Å². The second-order valence-electron chi connectivity index (χ2n) is 7.66. The van der Waals surface area contributed by atoms with Gasteiger partial charge in [0, 0.05) is 0 Å². The number of hydroxylamine groups is 1. The Morgan fingerprint density at radius 3 is 2.10 bits per heavy atom. The van der Waals surface area contributed by atoms with E-state index in [9.17, 15) is 9.59 Å². The Morgan fingerprint density at radius 1 is 0.862 bits per heavy atom. The lowest BCUT2D eigenvalue weighted by atomic mass is 9.99. The highest BCUT2D eigenvalue weighted by Gasteiger charge is 2.23.